The van der Waals surface area contributed by atoms with Crippen molar-refractivity contribution in [3.8, 4) is 0 Å². The molecule has 1 aliphatic carbocycles. The second kappa shape index (κ2) is 8.53. The van der Waals surface area contributed by atoms with Crippen molar-refractivity contribution >= 4 is 27.4 Å². The van der Waals surface area contributed by atoms with Gasteiger partial charge in [-0.05, 0) is 48.4 Å². The highest BCUT2D eigenvalue weighted by Crippen LogP contribution is 2.36. The average Bonchev–Trinajstić information content (AvgIpc) is 3.32. The fraction of sp³-hybridized carbons (Fsp3) is 0.348. The summed E-state index contributed by atoms with van der Waals surface area (Å²) in [6.45, 7) is 3.35. The molecule has 0 saturated carbocycles. The SMILES string of the molecule is CCNC(=NCC1(O)CCc2ccccc21)NCC(O)c1cc2ccccc2s1. The Labute approximate surface area is 175 Å². The molecule has 5 nitrogen and oxygen atoms in total. The molecule has 0 spiro atoms. The number of aliphatic hydroxyl groups excluding tert-OH is 1. The van der Waals surface area contributed by atoms with E-state index in [1.807, 2.05) is 43.3 Å². The van der Waals surface area contributed by atoms with Gasteiger partial charge in [0, 0.05) is 22.7 Å². The zero-order valence-electron chi connectivity index (χ0n) is 16.6. The highest BCUT2D eigenvalue weighted by molar-refractivity contribution is 7.19. The molecule has 0 radical (unpaired) electrons. The first-order chi connectivity index (χ1) is 14.1. The van der Waals surface area contributed by atoms with E-state index in [1.54, 1.807) is 11.3 Å². The van der Waals surface area contributed by atoms with Crippen LogP contribution in [0.2, 0.25) is 0 Å². The predicted octanol–water partition coefficient (Wildman–Crippen LogP) is 3.32. The number of hydrogen-bond acceptors (Lipinski definition) is 4. The highest BCUT2D eigenvalue weighted by Gasteiger charge is 2.36. The Hall–Kier alpha value is -2.41. The maximum atomic E-state index is 11.1. The number of guanidine groups is 1. The largest absolute Gasteiger partial charge is 0.386 e. The van der Waals surface area contributed by atoms with Gasteiger partial charge in [-0.3, -0.25) is 0 Å². The summed E-state index contributed by atoms with van der Waals surface area (Å²) in [4.78, 5) is 5.54. The van der Waals surface area contributed by atoms with Crippen molar-refractivity contribution in [1.82, 2.24) is 10.6 Å². The number of benzene rings is 2. The fourth-order valence-corrected chi connectivity index (χ4v) is 4.90. The van der Waals surface area contributed by atoms with Gasteiger partial charge in [0.05, 0.1) is 6.54 Å². The third-order valence-electron chi connectivity index (χ3n) is 5.41. The van der Waals surface area contributed by atoms with E-state index < -0.39 is 11.7 Å². The van der Waals surface area contributed by atoms with Gasteiger partial charge in [0.15, 0.2) is 5.96 Å². The monoisotopic (exact) mass is 409 g/mol. The number of aryl methyl sites for hydroxylation is 1. The maximum Gasteiger partial charge on any atom is 0.191 e. The second-order valence-corrected chi connectivity index (χ2v) is 8.58. The Kier molecular flexibility index (Phi) is 5.85. The molecule has 1 heterocycles. The number of nitrogens with one attached hydrogen (secondary N) is 2. The van der Waals surface area contributed by atoms with Crippen LogP contribution in [0.25, 0.3) is 10.1 Å². The smallest absolute Gasteiger partial charge is 0.191 e. The van der Waals surface area contributed by atoms with Gasteiger partial charge in [-0.15, -0.1) is 11.3 Å². The van der Waals surface area contributed by atoms with Gasteiger partial charge in [-0.1, -0.05) is 42.5 Å². The summed E-state index contributed by atoms with van der Waals surface area (Å²) in [5, 5.41) is 29.3. The molecule has 29 heavy (non-hydrogen) atoms. The van der Waals surface area contributed by atoms with Crippen LogP contribution in [0.1, 0.15) is 35.5 Å². The minimum absolute atomic E-state index is 0.290. The first kappa shape index (κ1) is 19.9. The molecule has 4 N–H and O–H groups in total. The summed E-state index contributed by atoms with van der Waals surface area (Å²) in [6, 6.07) is 18.2. The first-order valence-electron chi connectivity index (χ1n) is 10.1. The molecular formula is C23H27N3O2S. The standard InChI is InChI=1S/C23H27N3O2S/c1-2-24-22(26-15-23(28)12-11-16-7-3-5-9-18(16)23)25-14-19(27)21-13-17-8-4-6-10-20(17)29-21/h3-10,13,19,27-28H,2,11-12,14-15H2,1H3,(H2,24,25,26). The van der Waals surface area contributed by atoms with E-state index in [0.29, 0.717) is 32.0 Å². The van der Waals surface area contributed by atoms with E-state index in [0.717, 1.165) is 22.2 Å². The van der Waals surface area contributed by atoms with Crippen LogP contribution in [-0.4, -0.2) is 35.8 Å². The van der Waals surface area contributed by atoms with Gasteiger partial charge in [0.2, 0.25) is 0 Å². The Morgan fingerprint density at radius 3 is 2.79 bits per heavy atom. The molecule has 2 aromatic carbocycles. The number of fused-ring (bicyclic) bond motifs is 2. The number of aliphatic imine (C=N–C) groups is 1. The van der Waals surface area contributed by atoms with E-state index in [-0.39, 0.29) is 0 Å². The minimum Gasteiger partial charge on any atom is -0.386 e. The van der Waals surface area contributed by atoms with Crippen LogP contribution < -0.4 is 10.6 Å². The number of nitrogens with zero attached hydrogens (tertiary/aromatic N) is 1. The van der Waals surface area contributed by atoms with Crippen LogP contribution in [0.4, 0.5) is 0 Å². The molecule has 1 aromatic heterocycles. The number of hydrogen-bond donors (Lipinski definition) is 4. The van der Waals surface area contributed by atoms with Gasteiger partial charge in [0.1, 0.15) is 11.7 Å². The van der Waals surface area contributed by atoms with Gasteiger partial charge >= 0.3 is 0 Å². The third kappa shape index (κ3) is 4.29. The lowest BCUT2D eigenvalue weighted by molar-refractivity contribution is 0.0485. The van der Waals surface area contributed by atoms with Crippen molar-refractivity contribution in [3.05, 3.63) is 70.6 Å². The Morgan fingerprint density at radius 2 is 1.97 bits per heavy atom. The quantitative estimate of drug-likeness (QED) is 0.372. The van der Waals surface area contributed by atoms with Crippen LogP contribution in [0, 0.1) is 0 Å². The van der Waals surface area contributed by atoms with Crippen molar-refractivity contribution in [2.75, 3.05) is 19.6 Å². The molecule has 3 aromatic rings. The lowest BCUT2D eigenvalue weighted by atomic mass is 9.96. The summed E-state index contributed by atoms with van der Waals surface area (Å²) in [5.41, 5.74) is 1.25. The minimum atomic E-state index is -0.928. The van der Waals surface area contributed by atoms with E-state index in [1.165, 1.54) is 10.3 Å². The van der Waals surface area contributed by atoms with Crippen LogP contribution in [0.15, 0.2) is 59.6 Å². The summed E-state index contributed by atoms with van der Waals surface area (Å²) in [6.07, 6.45) is 0.933. The van der Waals surface area contributed by atoms with Crippen molar-refractivity contribution in [3.63, 3.8) is 0 Å². The lowest BCUT2D eigenvalue weighted by Crippen LogP contribution is -2.40. The van der Waals surface area contributed by atoms with E-state index in [9.17, 15) is 10.2 Å². The lowest BCUT2D eigenvalue weighted by Gasteiger charge is -2.23. The molecule has 2 atom stereocenters. The van der Waals surface area contributed by atoms with Crippen LogP contribution in [0.3, 0.4) is 0 Å². The second-order valence-electron chi connectivity index (χ2n) is 7.47. The molecule has 0 aliphatic heterocycles. The Balaban J connectivity index is 1.42. The zero-order chi connectivity index (χ0) is 20.3. The molecule has 0 saturated heterocycles. The molecule has 1 aliphatic rings. The molecule has 2 unspecified atom stereocenters. The van der Waals surface area contributed by atoms with Crippen molar-refractivity contribution in [2.24, 2.45) is 4.99 Å². The van der Waals surface area contributed by atoms with Gasteiger partial charge in [-0.2, -0.15) is 0 Å². The zero-order valence-corrected chi connectivity index (χ0v) is 17.4. The van der Waals surface area contributed by atoms with E-state index in [2.05, 4.69) is 33.8 Å². The molecular weight excluding hydrogens is 382 g/mol. The highest BCUT2D eigenvalue weighted by atomic mass is 32.1. The van der Waals surface area contributed by atoms with Crippen LogP contribution >= 0.6 is 11.3 Å². The topological polar surface area (TPSA) is 76.9 Å². The number of thiophene rings is 1. The first-order valence-corrected chi connectivity index (χ1v) is 10.9. The van der Waals surface area contributed by atoms with Crippen LogP contribution in [-0.2, 0) is 12.0 Å². The van der Waals surface area contributed by atoms with Gasteiger partial charge in [-0.25, -0.2) is 4.99 Å². The Bertz CT molecular complexity index is 983. The third-order valence-corrected chi connectivity index (χ3v) is 6.62. The number of aliphatic hydroxyl groups is 2. The summed E-state index contributed by atoms with van der Waals surface area (Å²) >= 11 is 1.61. The Morgan fingerprint density at radius 1 is 1.17 bits per heavy atom. The number of rotatable bonds is 6. The average molecular weight is 410 g/mol. The molecule has 4 rings (SSSR count). The van der Waals surface area contributed by atoms with Crippen molar-refractivity contribution in [1.29, 1.82) is 0 Å². The summed E-state index contributed by atoms with van der Waals surface area (Å²) < 4.78 is 1.17. The molecule has 0 bridgehead atoms. The van der Waals surface area contributed by atoms with E-state index >= 15 is 0 Å². The molecule has 152 valence electrons. The molecule has 0 amide bonds. The molecule has 6 heteroatoms. The van der Waals surface area contributed by atoms with Gasteiger partial charge < -0.3 is 20.8 Å². The molecule has 0 fully saturated rings. The predicted molar refractivity (Wildman–Crippen MR) is 119 cm³/mol. The van der Waals surface area contributed by atoms with Crippen molar-refractivity contribution in [2.45, 2.75) is 31.5 Å². The maximum absolute atomic E-state index is 11.1. The normalized spacial score (nSPS) is 19.9. The van der Waals surface area contributed by atoms with E-state index in [4.69, 9.17) is 0 Å². The summed E-state index contributed by atoms with van der Waals surface area (Å²) in [5.74, 6) is 0.602. The van der Waals surface area contributed by atoms with Crippen molar-refractivity contribution < 1.29 is 10.2 Å². The van der Waals surface area contributed by atoms with Crippen LogP contribution in [0.5, 0.6) is 0 Å². The fourth-order valence-electron chi connectivity index (χ4n) is 3.84. The van der Waals surface area contributed by atoms with Gasteiger partial charge in [0.25, 0.3) is 0 Å². The summed E-state index contributed by atoms with van der Waals surface area (Å²) in [7, 11) is 0.